The molecule has 0 aliphatic heterocycles. The Hall–Kier alpha value is 0.220. The van der Waals surface area contributed by atoms with E-state index >= 15 is 0 Å². The van der Waals surface area contributed by atoms with Crippen molar-refractivity contribution in [2.75, 3.05) is 13.2 Å². The van der Waals surface area contributed by atoms with Gasteiger partial charge in [-0.25, -0.2) is 9.13 Å². The van der Waals surface area contributed by atoms with Gasteiger partial charge in [-0.3, -0.25) is 9.05 Å². The van der Waals surface area contributed by atoms with E-state index in [-0.39, 0.29) is 13.2 Å². The van der Waals surface area contributed by atoms with Gasteiger partial charge in [0.05, 0.1) is 13.2 Å². The summed E-state index contributed by atoms with van der Waals surface area (Å²) >= 11 is 0. The molecule has 0 spiro atoms. The zero-order valence-electron chi connectivity index (χ0n) is 30.4. The fourth-order valence-corrected chi connectivity index (χ4v) is 6.40. The van der Waals surface area contributed by atoms with Crippen LogP contribution >= 0.6 is 15.6 Å². The van der Waals surface area contributed by atoms with Gasteiger partial charge >= 0.3 is 15.6 Å². The first-order chi connectivity index (χ1) is 22.1. The summed E-state index contributed by atoms with van der Waals surface area (Å²) in [6, 6.07) is 0. The van der Waals surface area contributed by atoms with Crippen molar-refractivity contribution in [1.82, 2.24) is 0 Å². The van der Waals surface area contributed by atoms with Gasteiger partial charge in [-0.2, -0.15) is 0 Å². The van der Waals surface area contributed by atoms with Crippen LogP contribution in [0.5, 0.6) is 0 Å². The van der Waals surface area contributed by atoms with Crippen LogP contribution in [-0.4, -0.2) is 32.8 Å². The van der Waals surface area contributed by atoms with Gasteiger partial charge in [-0.1, -0.05) is 206 Å². The maximum atomic E-state index is 10.5. The second-order valence-corrected chi connectivity index (χ2v) is 15.7. The molecule has 0 radical (unpaired) electrons. The fourth-order valence-electron chi connectivity index (χ4n) is 5.67. The maximum absolute atomic E-state index is 10.5. The largest absolute Gasteiger partial charge is 0.469 e. The van der Waals surface area contributed by atoms with Gasteiger partial charge in [0.1, 0.15) is 0 Å². The Labute approximate surface area is 285 Å². The molecule has 10 heteroatoms. The lowest BCUT2D eigenvalue weighted by atomic mass is 10.0. The third kappa shape index (κ3) is 51.1. The van der Waals surface area contributed by atoms with Gasteiger partial charge in [0.25, 0.3) is 0 Å². The number of phosphoric acid groups is 2. The highest BCUT2D eigenvalue weighted by Crippen LogP contribution is 2.36. The number of unbranched alkanes of at least 4 members (excludes halogenated alkanes) is 30. The van der Waals surface area contributed by atoms with Crippen LogP contribution in [0.15, 0.2) is 0 Å². The normalized spacial score (nSPS) is 12.0. The molecule has 0 aromatic rings. The van der Waals surface area contributed by atoms with Crippen LogP contribution in [-0.2, 0) is 18.2 Å². The lowest BCUT2D eigenvalue weighted by Crippen LogP contribution is -1.92. The molecule has 0 saturated carbocycles. The van der Waals surface area contributed by atoms with Crippen molar-refractivity contribution in [3.63, 3.8) is 0 Å². The predicted octanol–water partition coefficient (Wildman–Crippen LogP) is 12.7. The molecule has 0 aromatic heterocycles. The van der Waals surface area contributed by atoms with Crippen molar-refractivity contribution in [3.05, 3.63) is 0 Å². The molecule has 280 valence electrons. The highest BCUT2D eigenvalue weighted by molar-refractivity contribution is 7.46. The highest BCUT2D eigenvalue weighted by atomic mass is 31.2. The zero-order valence-corrected chi connectivity index (χ0v) is 32.1. The van der Waals surface area contributed by atoms with Crippen LogP contribution in [0.3, 0.4) is 0 Å². The molecule has 0 amide bonds. The molecule has 0 unspecified atom stereocenters. The average molecular weight is 701 g/mol. The lowest BCUT2D eigenvalue weighted by molar-refractivity contribution is 0.191. The SMILES string of the molecule is CCCCCCCCCCCCCCCCCCOP(=O)(O)O.CCCCCCCCCCCCCCCCCCOP(=O)(O)O. The molecule has 0 rings (SSSR count). The number of rotatable bonds is 36. The van der Waals surface area contributed by atoms with Gasteiger partial charge in [0.2, 0.25) is 0 Å². The molecule has 0 heterocycles. The lowest BCUT2D eigenvalue weighted by Gasteiger charge is -2.05. The fraction of sp³-hybridized carbons (Fsp3) is 1.00. The summed E-state index contributed by atoms with van der Waals surface area (Å²) in [4.78, 5) is 34.1. The van der Waals surface area contributed by atoms with Crippen LogP contribution in [0.25, 0.3) is 0 Å². The van der Waals surface area contributed by atoms with E-state index in [9.17, 15) is 9.13 Å². The number of hydrogen-bond acceptors (Lipinski definition) is 4. The zero-order chi connectivity index (χ0) is 34.5. The molecule has 8 nitrogen and oxygen atoms in total. The minimum Gasteiger partial charge on any atom is -0.303 e. The van der Waals surface area contributed by atoms with E-state index in [1.807, 2.05) is 0 Å². The Morgan fingerprint density at radius 3 is 0.609 bits per heavy atom. The number of phosphoric ester groups is 2. The smallest absolute Gasteiger partial charge is 0.303 e. The van der Waals surface area contributed by atoms with Crippen LogP contribution in [0, 0.1) is 0 Å². The summed E-state index contributed by atoms with van der Waals surface area (Å²) in [7, 11) is -8.51. The van der Waals surface area contributed by atoms with Gasteiger partial charge in [-0.05, 0) is 12.8 Å². The van der Waals surface area contributed by atoms with Crippen molar-refractivity contribution in [3.8, 4) is 0 Å². The van der Waals surface area contributed by atoms with Gasteiger partial charge < -0.3 is 19.6 Å². The Balaban J connectivity index is 0. The van der Waals surface area contributed by atoms with E-state index in [0.29, 0.717) is 0 Å². The summed E-state index contributed by atoms with van der Waals surface area (Å²) in [5.74, 6) is 0. The first-order valence-corrected chi connectivity index (χ1v) is 22.6. The molecule has 0 bridgehead atoms. The quantitative estimate of drug-likeness (QED) is 0.0375. The highest BCUT2D eigenvalue weighted by Gasteiger charge is 2.13. The van der Waals surface area contributed by atoms with Crippen molar-refractivity contribution in [1.29, 1.82) is 0 Å². The van der Waals surface area contributed by atoms with Crippen molar-refractivity contribution in [2.24, 2.45) is 0 Å². The minimum atomic E-state index is -4.26. The second-order valence-electron chi connectivity index (χ2n) is 13.3. The maximum Gasteiger partial charge on any atom is 0.469 e. The van der Waals surface area contributed by atoms with E-state index in [1.165, 1.54) is 167 Å². The number of hydrogen-bond donors (Lipinski definition) is 4. The monoisotopic (exact) mass is 701 g/mol. The molecule has 0 aromatic carbocycles. The van der Waals surface area contributed by atoms with E-state index < -0.39 is 15.6 Å². The van der Waals surface area contributed by atoms with Crippen LogP contribution in [0.4, 0.5) is 0 Å². The molecule has 46 heavy (non-hydrogen) atoms. The minimum absolute atomic E-state index is 0.169. The summed E-state index contributed by atoms with van der Waals surface area (Å²) in [6.45, 7) is 4.87. The van der Waals surface area contributed by atoms with Crippen molar-refractivity contribution < 1.29 is 37.8 Å². The third-order valence-electron chi connectivity index (χ3n) is 8.51. The van der Waals surface area contributed by atoms with E-state index in [1.54, 1.807) is 0 Å². The Morgan fingerprint density at radius 2 is 0.457 bits per heavy atom. The molecule has 4 N–H and O–H groups in total. The second kappa shape index (κ2) is 38.0. The van der Waals surface area contributed by atoms with Gasteiger partial charge in [0, 0.05) is 0 Å². The van der Waals surface area contributed by atoms with Crippen LogP contribution < -0.4 is 0 Å². The third-order valence-corrected chi connectivity index (χ3v) is 9.55. The topological polar surface area (TPSA) is 134 Å². The standard InChI is InChI=1S/2C18H39O4P/c2*1-2-3-4-5-6-7-8-9-10-11-12-13-14-15-16-17-18-22-23(19,20)21/h2*2-18H2,1H3,(H2,19,20,21). The van der Waals surface area contributed by atoms with Gasteiger partial charge in [0.15, 0.2) is 0 Å². The van der Waals surface area contributed by atoms with Crippen molar-refractivity contribution >= 4 is 15.6 Å². The summed E-state index contributed by atoms with van der Waals surface area (Å²) < 4.78 is 29.8. The summed E-state index contributed by atoms with van der Waals surface area (Å²) in [5, 5.41) is 0. The summed E-state index contributed by atoms with van der Waals surface area (Å²) in [6.07, 6.45) is 41.4. The Bertz CT molecular complexity index is 612. The molecular formula is C36H78O8P2. The van der Waals surface area contributed by atoms with Crippen molar-refractivity contribution in [2.45, 2.75) is 219 Å². The average Bonchev–Trinajstić information content (AvgIpc) is 2.99. The molecule has 0 aliphatic carbocycles. The molecule has 0 fully saturated rings. The molecular weight excluding hydrogens is 622 g/mol. The van der Waals surface area contributed by atoms with E-state index in [4.69, 9.17) is 19.6 Å². The Kier molecular flexibility index (Phi) is 40.0. The van der Waals surface area contributed by atoms with Crippen LogP contribution in [0.2, 0.25) is 0 Å². The van der Waals surface area contributed by atoms with Gasteiger partial charge in [-0.15, -0.1) is 0 Å². The first-order valence-electron chi connectivity index (χ1n) is 19.5. The van der Waals surface area contributed by atoms with E-state index in [2.05, 4.69) is 22.9 Å². The Morgan fingerprint density at radius 1 is 0.304 bits per heavy atom. The predicted molar refractivity (Wildman–Crippen MR) is 195 cm³/mol. The molecule has 0 saturated heterocycles. The molecule has 0 aliphatic rings. The first kappa shape index (κ1) is 48.3. The van der Waals surface area contributed by atoms with E-state index in [0.717, 1.165) is 38.5 Å². The summed E-state index contributed by atoms with van der Waals surface area (Å²) in [5.41, 5.74) is 0. The molecule has 0 atom stereocenters. The van der Waals surface area contributed by atoms with Crippen LogP contribution in [0.1, 0.15) is 219 Å².